The van der Waals surface area contributed by atoms with Crippen molar-refractivity contribution in [3.63, 3.8) is 0 Å². The number of hydrogen-bond donors (Lipinski definition) is 3. The van der Waals surface area contributed by atoms with E-state index in [0.717, 1.165) is 6.07 Å². The van der Waals surface area contributed by atoms with Crippen molar-refractivity contribution in [3.8, 4) is 0 Å². The summed E-state index contributed by atoms with van der Waals surface area (Å²) in [6, 6.07) is 5.74. The normalized spacial score (nSPS) is 13.9. The van der Waals surface area contributed by atoms with Gasteiger partial charge < -0.3 is 20.4 Å². The molecule has 1 unspecified atom stereocenters. The van der Waals surface area contributed by atoms with Gasteiger partial charge >= 0.3 is 5.97 Å². The fourth-order valence-corrected chi connectivity index (χ4v) is 2.42. The Morgan fingerprint density at radius 2 is 2.08 bits per heavy atom. The molecule has 4 N–H and O–H groups in total. The van der Waals surface area contributed by atoms with E-state index in [1.165, 1.54) is 19.1 Å². The van der Waals surface area contributed by atoms with Crippen LogP contribution in [0.15, 0.2) is 33.5 Å². The summed E-state index contributed by atoms with van der Waals surface area (Å²) in [7, 11) is 5.54. The third-order valence-electron chi connectivity index (χ3n) is 3.94. The van der Waals surface area contributed by atoms with Crippen molar-refractivity contribution in [2.75, 3.05) is 5.73 Å². The summed E-state index contributed by atoms with van der Waals surface area (Å²) >= 11 is 0. The van der Waals surface area contributed by atoms with Crippen LogP contribution < -0.4 is 11.2 Å². The molecule has 3 aromatic rings. The Morgan fingerprint density at radius 3 is 2.71 bits per heavy atom. The van der Waals surface area contributed by atoms with E-state index in [-0.39, 0.29) is 39.8 Å². The largest absolute Gasteiger partial charge is 0.478 e. The molecule has 0 saturated heterocycles. The molecule has 0 aliphatic carbocycles. The number of carboxylic acids is 1. The van der Waals surface area contributed by atoms with Gasteiger partial charge in [-0.1, -0.05) is 12.4 Å². The molecule has 2 radical (unpaired) electrons. The van der Waals surface area contributed by atoms with E-state index in [0.29, 0.717) is 5.56 Å². The standard InChI is InChI=1S/C16H13BN2O5/c1-16(23,6-17)7-2-3-11-8(4-7)12(20)9-5-10(15(21)22)13(18)19-14(9)24-11/h2-5,23H,6H2,1H3,(H2,18,19)(H,21,22). The van der Waals surface area contributed by atoms with Gasteiger partial charge in [0.05, 0.1) is 24.2 Å². The van der Waals surface area contributed by atoms with Crippen molar-refractivity contribution in [2.24, 2.45) is 0 Å². The average Bonchev–Trinajstić information content (AvgIpc) is 2.54. The number of pyridine rings is 1. The second kappa shape index (κ2) is 5.35. The zero-order chi connectivity index (χ0) is 17.6. The van der Waals surface area contributed by atoms with E-state index < -0.39 is 17.0 Å². The van der Waals surface area contributed by atoms with Crippen molar-refractivity contribution in [3.05, 3.63) is 45.6 Å². The lowest BCUT2D eigenvalue weighted by Gasteiger charge is -2.22. The lowest BCUT2D eigenvalue weighted by molar-refractivity contribution is 0.0697. The summed E-state index contributed by atoms with van der Waals surface area (Å²) < 4.78 is 5.55. The first kappa shape index (κ1) is 16.0. The molecule has 24 heavy (non-hydrogen) atoms. The second-order valence-corrected chi connectivity index (χ2v) is 5.70. The molecule has 2 heterocycles. The number of carboxylic acid groups (broad SMARTS) is 1. The number of benzene rings is 1. The third kappa shape index (κ3) is 2.41. The molecule has 8 heteroatoms. The molecule has 0 spiro atoms. The summed E-state index contributed by atoms with van der Waals surface area (Å²) in [6.45, 7) is 1.53. The highest BCUT2D eigenvalue weighted by Gasteiger charge is 2.22. The zero-order valence-electron chi connectivity index (χ0n) is 12.7. The Morgan fingerprint density at radius 1 is 1.38 bits per heavy atom. The van der Waals surface area contributed by atoms with Crippen LogP contribution >= 0.6 is 0 Å². The zero-order valence-corrected chi connectivity index (χ0v) is 12.7. The Kier molecular flexibility index (Phi) is 3.57. The fourth-order valence-electron chi connectivity index (χ4n) is 2.42. The molecule has 0 saturated carbocycles. The van der Waals surface area contributed by atoms with Gasteiger partial charge in [0.25, 0.3) is 0 Å². The molecule has 0 bridgehead atoms. The van der Waals surface area contributed by atoms with E-state index in [1.54, 1.807) is 6.07 Å². The van der Waals surface area contributed by atoms with Crippen LogP contribution in [-0.2, 0) is 5.60 Å². The molecule has 2 aromatic heterocycles. The van der Waals surface area contributed by atoms with Gasteiger partial charge in [-0.15, -0.1) is 0 Å². The van der Waals surface area contributed by atoms with E-state index in [1.807, 2.05) is 0 Å². The molecule has 1 atom stereocenters. The van der Waals surface area contributed by atoms with Gasteiger partial charge in [0.15, 0.2) is 0 Å². The van der Waals surface area contributed by atoms with Crippen LogP contribution in [0.4, 0.5) is 5.82 Å². The van der Waals surface area contributed by atoms with E-state index in [4.69, 9.17) is 23.1 Å². The molecule has 120 valence electrons. The molecule has 0 aliphatic heterocycles. The highest BCUT2D eigenvalue weighted by atomic mass is 16.4. The number of nitrogens with zero attached hydrogens (tertiary/aromatic N) is 1. The smallest absolute Gasteiger partial charge is 0.339 e. The molecule has 7 nitrogen and oxygen atoms in total. The first-order valence-electron chi connectivity index (χ1n) is 7.08. The molecule has 1 aromatic carbocycles. The van der Waals surface area contributed by atoms with Crippen molar-refractivity contribution in [1.82, 2.24) is 4.98 Å². The maximum atomic E-state index is 12.7. The van der Waals surface area contributed by atoms with Crippen molar-refractivity contribution in [1.29, 1.82) is 0 Å². The minimum atomic E-state index is -1.30. The maximum absolute atomic E-state index is 12.7. The number of aliphatic hydroxyl groups is 1. The van der Waals surface area contributed by atoms with Gasteiger partial charge in [0.1, 0.15) is 17.0 Å². The number of rotatable bonds is 3. The Bertz CT molecular complexity index is 1040. The topological polar surface area (TPSA) is 127 Å². The Hall–Kier alpha value is -2.87. The van der Waals surface area contributed by atoms with E-state index in [2.05, 4.69) is 4.98 Å². The first-order valence-corrected chi connectivity index (χ1v) is 7.08. The van der Waals surface area contributed by atoms with Crippen LogP contribution in [0.1, 0.15) is 22.8 Å². The van der Waals surface area contributed by atoms with Gasteiger partial charge in [-0.2, -0.15) is 4.98 Å². The lowest BCUT2D eigenvalue weighted by atomic mass is 9.82. The lowest BCUT2D eigenvalue weighted by Crippen LogP contribution is -2.20. The SMILES string of the molecule is [B]CC(C)(O)c1ccc2oc3nc(N)c(C(=O)O)cc3c(=O)c2c1. The van der Waals surface area contributed by atoms with Crippen molar-refractivity contribution >= 4 is 41.7 Å². The second-order valence-electron chi connectivity index (χ2n) is 5.70. The quantitative estimate of drug-likeness (QED) is 0.491. The van der Waals surface area contributed by atoms with Crippen LogP contribution in [-0.4, -0.2) is 29.0 Å². The first-order chi connectivity index (χ1) is 11.2. The Labute approximate surface area is 137 Å². The number of fused-ring (bicyclic) bond motifs is 2. The average molecular weight is 324 g/mol. The molecule has 0 amide bonds. The van der Waals surface area contributed by atoms with Gasteiger partial charge in [-0.25, -0.2) is 4.79 Å². The van der Waals surface area contributed by atoms with Crippen LogP contribution in [0.3, 0.4) is 0 Å². The minimum Gasteiger partial charge on any atom is -0.478 e. The number of aromatic carboxylic acids is 1. The number of nitrogen functional groups attached to an aromatic ring is 1. The molecule has 0 fully saturated rings. The number of aromatic nitrogens is 1. The van der Waals surface area contributed by atoms with Gasteiger partial charge in [0, 0.05) is 0 Å². The van der Waals surface area contributed by atoms with Gasteiger partial charge in [-0.3, -0.25) is 4.79 Å². The third-order valence-corrected chi connectivity index (χ3v) is 3.94. The van der Waals surface area contributed by atoms with Gasteiger partial charge in [-0.05, 0) is 30.7 Å². The van der Waals surface area contributed by atoms with Crippen molar-refractivity contribution < 1.29 is 19.4 Å². The number of nitrogens with two attached hydrogens (primary N) is 1. The highest BCUT2D eigenvalue weighted by Crippen LogP contribution is 2.28. The van der Waals surface area contributed by atoms with E-state index in [9.17, 15) is 14.7 Å². The molecular weight excluding hydrogens is 311 g/mol. The predicted molar refractivity (Wildman–Crippen MR) is 89.3 cm³/mol. The Balaban J connectivity index is 2.38. The summed E-state index contributed by atoms with van der Waals surface area (Å²) in [5.74, 6) is -1.53. The summed E-state index contributed by atoms with van der Waals surface area (Å²) in [5.41, 5.74) is 4.19. The van der Waals surface area contributed by atoms with Crippen LogP contribution in [0.25, 0.3) is 22.1 Å². The van der Waals surface area contributed by atoms with E-state index >= 15 is 0 Å². The summed E-state index contributed by atoms with van der Waals surface area (Å²) in [5, 5.41) is 19.5. The number of hydrogen-bond acceptors (Lipinski definition) is 6. The fraction of sp³-hybridized carbons (Fsp3) is 0.188. The highest BCUT2D eigenvalue weighted by molar-refractivity contribution is 6.09. The number of anilines is 1. The van der Waals surface area contributed by atoms with Crippen molar-refractivity contribution in [2.45, 2.75) is 18.8 Å². The maximum Gasteiger partial charge on any atom is 0.339 e. The molecule has 3 rings (SSSR count). The monoisotopic (exact) mass is 324 g/mol. The summed E-state index contributed by atoms with van der Waals surface area (Å²) in [6.07, 6.45) is -0.0291. The van der Waals surface area contributed by atoms with Gasteiger partial charge in [0.2, 0.25) is 11.1 Å². The molecule has 0 aliphatic rings. The number of carbonyl (C=O) groups is 1. The van der Waals surface area contributed by atoms with Crippen LogP contribution in [0, 0.1) is 0 Å². The predicted octanol–water partition coefficient (Wildman–Crippen LogP) is 1.42. The van der Waals surface area contributed by atoms with Crippen LogP contribution in [0.2, 0.25) is 6.32 Å². The molecular formula is C16H13BN2O5. The summed E-state index contributed by atoms with van der Waals surface area (Å²) in [4.78, 5) is 27.7. The minimum absolute atomic E-state index is 0.00126. The van der Waals surface area contributed by atoms with Crippen LogP contribution in [0.5, 0.6) is 0 Å².